The van der Waals surface area contributed by atoms with Gasteiger partial charge in [-0.3, -0.25) is 10.1 Å². The van der Waals surface area contributed by atoms with Gasteiger partial charge in [-0.05, 0) is 42.3 Å². The molecule has 0 spiro atoms. The highest BCUT2D eigenvalue weighted by molar-refractivity contribution is 9.10. The predicted molar refractivity (Wildman–Crippen MR) is 107 cm³/mol. The van der Waals surface area contributed by atoms with Gasteiger partial charge in [0, 0.05) is 31.5 Å². The number of aromatic nitrogens is 1. The molecule has 1 aromatic heterocycles. The molecule has 6 nitrogen and oxygen atoms in total. The Bertz CT molecular complexity index is 987. The second-order valence-electron chi connectivity index (χ2n) is 5.92. The van der Waals surface area contributed by atoms with E-state index in [0.717, 1.165) is 15.4 Å². The molecule has 0 saturated carbocycles. The lowest BCUT2D eigenvalue weighted by atomic mass is 9.85. The fourth-order valence-corrected chi connectivity index (χ4v) is 3.91. The molecule has 8 heteroatoms. The molecule has 0 bridgehead atoms. The number of hydrogen-bond acceptors (Lipinski definition) is 4. The first-order valence-electron chi connectivity index (χ1n) is 8.25. The highest BCUT2D eigenvalue weighted by Gasteiger charge is 2.43. The Hall–Kier alpha value is -2.38. The molecule has 3 rings (SSSR count). The molecule has 27 heavy (non-hydrogen) atoms. The van der Waals surface area contributed by atoms with Crippen molar-refractivity contribution in [2.75, 3.05) is 6.61 Å². The van der Waals surface area contributed by atoms with Gasteiger partial charge in [0.25, 0.3) is 0 Å². The van der Waals surface area contributed by atoms with Gasteiger partial charge in [0.15, 0.2) is 0 Å². The quantitative estimate of drug-likeness (QED) is 0.327. The number of nitrogens with one attached hydrogen (secondary N) is 1. The van der Waals surface area contributed by atoms with Crippen LogP contribution in [0.1, 0.15) is 24.0 Å². The predicted octanol–water partition coefficient (Wildman–Crippen LogP) is 4.92. The minimum atomic E-state index is -1.59. The Morgan fingerprint density at radius 2 is 2.00 bits per heavy atom. The number of fused-ring (bicyclic) bond motifs is 1. The van der Waals surface area contributed by atoms with Crippen LogP contribution in [-0.2, 0) is 9.53 Å². The zero-order chi connectivity index (χ0) is 19.6. The summed E-state index contributed by atoms with van der Waals surface area (Å²) in [5.74, 6) is -1.72. The summed E-state index contributed by atoms with van der Waals surface area (Å²) in [4.78, 5) is 26.9. The molecule has 3 aromatic rings. The Labute approximate surface area is 168 Å². The zero-order valence-electron chi connectivity index (χ0n) is 14.3. The van der Waals surface area contributed by atoms with Crippen molar-refractivity contribution in [2.45, 2.75) is 18.9 Å². The summed E-state index contributed by atoms with van der Waals surface area (Å²) >= 11 is 9.48. The van der Waals surface area contributed by atoms with E-state index in [1.807, 2.05) is 18.2 Å². The van der Waals surface area contributed by atoms with Gasteiger partial charge in [-0.1, -0.05) is 45.7 Å². The van der Waals surface area contributed by atoms with Crippen LogP contribution in [0, 0.1) is 10.1 Å². The number of halogens is 2. The number of nitro groups is 1. The molecule has 0 aliphatic heterocycles. The first-order chi connectivity index (χ1) is 12.9. The number of H-pyrrole nitrogens is 1. The molecule has 0 unspecified atom stereocenters. The first-order valence-corrected chi connectivity index (χ1v) is 9.42. The standard InChI is InChI=1S/C19H16BrClN2O4/c1-2-27-19(24)18(23(25)26)16(11-6-8-12(21)9-7-11)13-10-22-15-5-3-4-14(20)17(13)15/h3-10,16,18,22H,2H2,1H3/t16-,18+/m1/s1. The average Bonchev–Trinajstić information content (AvgIpc) is 3.05. The van der Waals surface area contributed by atoms with Gasteiger partial charge >= 0.3 is 12.0 Å². The van der Waals surface area contributed by atoms with Crippen LogP contribution >= 0.6 is 27.5 Å². The minimum Gasteiger partial charge on any atom is -0.461 e. The Kier molecular flexibility index (Phi) is 5.82. The van der Waals surface area contributed by atoms with Crippen molar-refractivity contribution in [1.29, 1.82) is 0 Å². The van der Waals surface area contributed by atoms with Crippen molar-refractivity contribution in [3.05, 3.63) is 79.4 Å². The molecule has 2 aromatic carbocycles. The van der Waals surface area contributed by atoms with Crippen LogP contribution in [0.3, 0.4) is 0 Å². The number of ether oxygens (including phenoxy) is 1. The number of aromatic amines is 1. The normalized spacial score (nSPS) is 13.3. The molecular formula is C19H16BrClN2O4. The number of nitrogens with zero attached hydrogens (tertiary/aromatic N) is 1. The number of hydrogen-bond donors (Lipinski definition) is 1. The largest absolute Gasteiger partial charge is 0.461 e. The summed E-state index contributed by atoms with van der Waals surface area (Å²) < 4.78 is 5.78. The number of rotatable bonds is 6. The van der Waals surface area contributed by atoms with E-state index in [1.54, 1.807) is 37.4 Å². The third-order valence-corrected chi connectivity index (χ3v) is 5.23. The van der Waals surface area contributed by atoms with E-state index in [4.69, 9.17) is 16.3 Å². The molecule has 0 fully saturated rings. The minimum absolute atomic E-state index is 0.0636. The van der Waals surface area contributed by atoms with Gasteiger partial charge in [-0.2, -0.15) is 0 Å². The Morgan fingerprint density at radius 1 is 1.30 bits per heavy atom. The lowest BCUT2D eigenvalue weighted by molar-refractivity contribution is -0.513. The van der Waals surface area contributed by atoms with Crippen LogP contribution in [0.2, 0.25) is 5.02 Å². The molecular weight excluding hydrogens is 436 g/mol. The fourth-order valence-electron chi connectivity index (χ4n) is 3.18. The molecule has 1 N–H and O–H groups in total. The van der Waals surface area contributed by atoms with Crippen LogP contribution in [0.15, 0.2) is 53.1 Å². The monoisotopic (exact) mass is 450 g/mol. The van der Waals surface area contributed by atoms with Gasteiger partial charge in [-0.15, -0.1) is 0 Å². The van der Waals surface area contributed by atoms with Crippen LogP contribution in [0.25, 0.3) is 10.9 Å². The van der Waals surface area contributed by atoms with Crippen molar-refractivity contribution in [1.82, 2.24) is 4.98 Å². The SMILES string of the molecule is CCOC(=O)[C@H]([C@H](c1ccc(Cl)cc1)c1c[nH]c2cccc(Br)c12)[N+](=O)[O-]. The molecule has 0 radical (unpaired) electrons. The van der Waals surface area contributed by atoms with Gasteiger partial charge in [0.05, 0.1) is 12.5 Å². The van der Waals surface area contributed by atoms with E-state index < -0.39 is 22.9 Å². The maximum atomic E-state index is 12.5. The van der Waals surface area contributed by atoms with Crippen molar-refractivity contribution in [3.8, 4) is 0 Å². The van der Waals surface area contributed by atoms with Crippen molar-refractivity contribution < 1.29 is 14.5 Å². The van der Waals surface area contributed by atoms with Crippen molar-refractivity contribution >= 4 is 44.4 Å². The lowest BCUT2D eigenvalue weighted by Gasteiger charge is -2.20. The fraction of sp³-hybridized carbons (Fsp3) is 0.211. The summed E-state index contributed by atoms with van der Waals surface area (Å²) in [6, 6.07) is 10.7. The van der Waals surface area contributed by atoms with Crippen LogP contribution in [0.5, 0.6) is 0 Å². The van der Waals surface area contributed by atoms with E-state index in [1.165, 1.54) is 0 Å². The average molecular weight is 452 g/mol. The van der Waals surface area contributed by atoms with Gasteiger partial charge in [-0.25, -0.2) is 4.79 Å². The van der Waals surface area contributed by atoms with Gasteiger partial charge in [0.2, 0.25) is 0 Å². The van der Waals surface area contributed by atoms with Crippen LogP contribution < -0.4 is 0 Å². The maximum Gasteiger partial charge on any atom is 0.382 e. The van der Waals surface area contributed by atoms with Crippen LogP contribution in [-0.4, -0.2) is 28.5 Å². The van der Waals surface area contributed by atoms with Crippen molar-refractivity contribution in [2.24, 2.45) is 0 Å². The summed E-state index contributed by atoms with van der Waals surface area (Å²) in [6.07, 6.45) is 1.70. The molecule has 0 aliphatic rings. The highest BCUT2D eigenvalue weighted by Crippen LogP contribution is 2.38. The Balaban J connectivity index is 2.24. The molecule has 2 atom stereocenters. The number of benzene rings is 2. The van der Waals surface area contributed by atoms with E-state index in [2.05, 4.69) is 20.9 Å². The second-order valence-corrected chi connectivity index (χ2v) is 7.21. The maximum absolute atomic E-state index is 12.5. The first kappa shape index (κ1) is 19.4. The third-order valence-electron chi connectivity index (χ3n) is 4.32. The summed E-state index contributed by atoms with van der Waals surface area (Å²) in [7, 11) is 0. The van der Waals surface area contributed by atoms with Gasteiger partial charge < -0.3 is 9.72 Å². The lowest BCUT2D eigenvalue weighted by Crippen LogP contribution is -2.37. The van der Waals surface area contributed by atoms with E-state index in [-0.39, 0.29) is 6.61 Å². The van der Waals surface area contributed by atoms with E-state index >= 15 is 0 Å². The zero-order valence-corrected chi connectivity index (χ0v) is 16.7. The molecule has 1 heterocycles. The Morgan fingerprint density at radius 3 is 2.63 bits per heavy atom. The summed E-state index contributed by atoms with van der Waals surface area (Å²) in [6.45, 7) is 1.68. The number of carbonyl (C=O) groups is 1. The van der Waals surface area contributed by atoms with Crippen molar-refractivity contribution in [3.63, 3.8) is 0 Å². The van der Waals surface area contributed by atoms with Gasteiger partial charge in [0.1, 0.15) is 0 Å². The number of carbonyl (C=O) groups excluding carboxylic acids is 1. The highest BCUT2D eigenvalue weighted by atomic mass is 79.9. The molecule has 140 valence electrons. The topological polar surface area (TPSA) is 85.2 Å². The van der Waals surface area contributed by atoms with Crippen LogP contribution in [0.4, 0.5) is 0 Å². The third kappa shape index (κ3) is 3.84. The number of esters is 1. The smallest absolute Gasteiger partial charge is 0.382 e. The van der Waals surface area contributed by atoms with E-state index in [0.29, 0.717) is 16.1 Å². The molecule has 0 saturated heterocycles. The molecule has 0 aliphatic carbocycles. The molecule has 0 amide bonds. The summed E-state index contributed by atoms with van der Waals surface area (Å²) in [5.41, 5.74) is 2.05. The second kappa shape index (κ2) is 8.10. The summed E-state index contributed by atoms with van der Waals surface area (Å²) in [5, 5.41) is 13.2. The van der Waals surface area contributed by atoms with E-state index in [9.17, 15) is 14.9 Å².